The smallest absolute Gasteiger partial charge is 0.236 e. The van der Waals surface area contributed by atoms with Crippen LogP contribution in [0.4, 0.5) is 0 Å². The van der Waals surface area contributed by atoms with Crippen molar-refractivity contribution in [3.8, 4) is 11.5 Å². The molecule has 2 aliphatic heterocycles. The van der Waals surface area contributed by atoms with Gasteiger partial charge in [-0.3, -0.25) is 9.59 Å². The summed E-state index contributed by atoms with van der Waals surface area (Å²) in [6.45, 7) is 3.25. The van der Waals surface area contributed by atoms with Crippen molar-refractivity contribution >= 4 is 24.2 Å². The van der Waals surface area contributed by atoms with Crippen molar-refractivity contribution in [3.05, 3.63) is 23.8 Å². The molecule has 2 saturated heterocycles. The van der Waals surface area contributed by atoms with Gasteiger partial charge in [-0.25, -0.2) is 0 Å². The number of ether oxygens (including phenoxy) is 2. The van der Waals surface area contributed by atoms with E-state index in [4.69, 9.17) is 9.47 Å². The quantitative estimate of drug-likeness (QED) is 0.805. The monoisotopic (exact) mass is 397 g/mol. The van der Waals surface area contributed by atoms with E-state index in [2.05, 4.69) is 5.32 Å². The summed E-state index contributed by atoms with van der Waals surface area (Å²) in [5, 5.41) is 3.10. The number of halogens is 1. The van der Waals surface area contributed by atoms with Crippen molar-refractivity contribution in [2.24, 2.45) is 0 Å². The zero-order valence-electron chi connectivity index (χ0n) is 15.9. The number of amides is 2. The molecule has 2 heterocycles. The minimum Gasteiger partial charge on any atom is -0.496 e. The Bertz CT molecular complexity index is 648. The van der Waals surface area contributed by atoms with Gasteiger partial charge in [-0.15, -0.1) is 12.4 Å². The molecule has 0 bridgehead atoms. The number of rotatable bonds is 5. The maximum atomic E-state index is 12.9. The Balaban J connectivity index is 0.00000261. The van der Waals surface area contributed by atoms with Crippen LogP contribution in [0, 0.1) is 0 Å². The van der Waals surface area contributed by atoms with E-state index in [-0.39, 0.29) is 36.7 Å². The first kappa shape index (κ1) is 21.3. The number of piperazine rings is 1. The average molecular weight is 398 g/mol. The van der Waals surface area contributed by atoms with Gasteiger partial charge in [-0.05, 0) is 25.0 Å². The van der Waals surface area contributed by atoms with Crippen molar-refractivity contribution in [3.63, 3.8) is 0 Å². The molecule has 0 radical (unpaired) electrons. The molecular formula is C19H28ClN3O4. The lowest BCUT2D eigenvalue weighted by Crippen LogP contribution is -2.57. The molecule has 3 rings (SSSR count). The Morgan fingerprint density at radius 3 is 2.56 bits per heavy atom. The fourth-order valence-corrected chi connectivity index (χ4v) is 3.81. The van der Waals surface area contributed by atoms with Crippen molar-refractivity contribution in [2.75, 3.05) is 46.9 Å². The van der Waals surface area contributed by atoms with Gasteiger partial charge in [-0.1, -0.05) is 6.07 Å². The highest BCUT2D eigenvalue weighted by molar-refractivity contribution is 5.85. The highest BCUT2D eigenvalue weighted by Gasteiger charge is 2.32. The molecular weight excluding hydrogens is 370 g/mol. The fraction of sp³-hybridized carbons (Fsp3) is 0.579. The van der Waals surface area contributed by atoms with E-state index in [0.29, 0.717) is 31.1 Å². The predicted molar refractivity (Wildman–Crippen MR) is 105 cm³/mol. The lowest BCUT2D eigenvalue weighted by Gasteiger charge is -2.41. The number of carbonyl (C=O) groups excluding carboxylic acids is 2. The van der Waals surface area contributed by atoms with Crippen LogP contribution >= 0.6 is 12.4 Å². The molecule has 1 aromatic carbocycles. The molecule has 1 aromatic rings. The van der Waals surface area contributed by atoms with Gasteiger partial charge in [0.05, 0.1) is 27.2 Å². The van der Waals surface area contributed by atoms with Crippen LogP contribution in [0.25, 0.3) is 0 Å². The number of likely N-dealkylation sites (tertiary alicyclic amines) is 1. The van der Waals surface area contributed by atoms with Gasteiger partial charge in [-0.2, -0.15) is 0 Å². The van der Waals surface area contributed by atoms with Crippen LogP contribution in [0.5, 0.6) is 11.5 Å². The number of nitrogens with one attached hydrogen (secondary N) is 1. The van der Waals surface area contributed by atoms with Gasteiger partial charge in [0.25, 0.3) is 0 Å². The van der Waals surface area contributed by atoms with E-state index in [1.165, 1.54) is 0 Å². The zero-order chi connectivity index (χ0) is 18.5. The number of nitrogens with zero attached hydrogens (tertiary/aromatic N) is 2. The van der Waals surface area contributed by atoms with E-state index < -0.39 is 0 Å². The minimum atomic E-state index is 0. The van der Waals surface area contributed by atoms with Gasteiger partial charge in [0, 0.05) is 37.8 Å². The molecule has 1 unspecified atom stereocenters. The molecule has 0 aliphatic carbocycles. The number of piperidine rings is 1. The summed E-state index contributed by atoms with van der Waals surface area (Å²) >= 11 is 0. The summed E-state index contributed by atoms with van der Waals surface area (Å²) in [7, 11) is 3.19. The molecule has 7 nitrogen and oxygen atoms in total. The van der Waals surface area contributed by atoms with Crippen molar-refractivity contribution in [1.82, 2.24) is 15.1 Å². The molecule has 0 saturated carbocycles. The van der Waals surface area contributed by atoms with Crippen LogP contribution < -0.4 is 14.8 Å². The highest BCUT2D eigenvalue weighted by atomic mass is 35.5. The molecule has 0 spiro atoms. The summed E-state index contributed by atoms with van der Waals surface area (Å²) in [4.78, 5) is 28.9. The van der Waals surface area contributed by atoms with Gasteiger partial charge in [0.1, 0.15) is 11.5 Å². The van der Waals surface area contributed by atoms with Crippen LogP contribution in [0.15, 0.2) is 18.2 Å². The predicted octanol–water partition coefficient (Wildman–Crippen LogP) is 1.09. The fourth-order valence-electron chi connectivity index (χ4n) is 3.81. The molecule has 150 valence electrons. The standard InChI is InChI=1S/C19H27N3O4.ClH/c1-25-16-6-3-7-17(26-2)15(16)11-18(23)21-9-4-5-14(13-21)22-10-8-20-12-19(22)24;/h3,6-7,14,20H,4-5,8-13H2,1-2H3;1H. The summed E-state index contributed by atoms with van der Waals surface area (Å²) in [5.74, 6) is 1.48. The maximum absolute atomic E-state index is 12.9. The molecule has 2 amide bonds. The Morgan fingerprint density at radius 2 is 1.93 bits per heavy atom. The normalized spacial score (nSPS) is 20.1. The largest absolute Gasteiger partial charge is 0.496 e. The zero-order valence-corrected chi connectivity index (χ0v) is 16.7. The van der Waals surface area contributed by atoms with Crippen LogP contribution in [-0.2, 0) is 16.0 Å². The van der Waals surface area contributed by atoms with Gasteiger partial charge < -0.3 is 24.6 Å². The Kier molecular flexibility index (Phi) is 7.74. The third-order valence-electron chi connectivity index (χ3n) is 5.17. The third kappa shape index (κ3) is 4.84. The van der Waals surface area contributed by atoms with E-state index in [1.54, 1.807) is 14.2 Å². The molecule has 27 heavy (non-hydrogen) atoms. The second-order valence-corrected chi connectivity index (χ2v) is 6.72. The minimum absolute atomic E-state index is 0. The van der Waals surface area contributed by atoms with Crippen molar-refractivity contribution in [1.29, 1.82) is 0 Å². The third-order valence-corrected chi connectivity index (χ3v) is 5.17. The topological polar surface area (TPSA) is 71.1 Å². The molecule has 2 aliphatic rings. The second kappa shape index (κ2) is 9.80. The number of hydrogen-bond acceptors (Lipinski definition) is 5. The summed E-state index contributed by atoms with van der Waals surface area (Å²) < 4.78 is 10.8. The number of carbonyl (C=O) groups is 2. The molecule has 8 heteroatoms. The van der Waals surface area contributed by atoms with Gasteiger partial charge in [0.15, 0.2) is 0 Å². The van der Waals surface area contributed by atoms with E-state index in [0.717, 1.165) is 31.5 Å². The summed E-state index contributed by atoms with van der Waals surface area (Å²) in [6, 6.07) is 5.63. The van der Waals surface area contributed by atoms with E-state index in [1.807, 2.05) is 28.0 Å². The first-order valence-electron chi connectivity index (χ1n) is 9.12. The van der Waals surface area contributed by atoms with Crippen LogP contribution in [0.1, 0.15) is 18.4 Å². The Morgan fingerprint density at radius 1 is 1.22 bits per heavy atom. The maximum Gasteiger partial charge on any atom is 0.236 e. The Hall–Kier alpha value is -1.99. The molecule has 0 aromatic heterocycles. The van der Waals surface area contributed by atoms with Gasteiger partial charge >= 0.3 is 0 Å². The van der Waals surface area contributed by atoms with E-state index in [9.17, 15) is 9.59 Å². The van der Waals surface area contributed by atoms with Gasteiger partial charge in [0.2, 0.25) is 11.8 Å². The van der Waals surface area contributed by atoms with Crippen molar-refractivity contribution in [2.45, 2.75) is 25.3 Å². The highest BCUT2D eigenvalue weighted by Crippen LogP contribution is 2.29. The first-order valence-corrected chi connectivity index (χ1v) is 9.12. The molecule has 1 atom stereocenters. The van der Waals surface area contributed by atoms with Crippen LogP contribution in [0.2, 0.25) is 0 Å². The second-order valence-electron chi connectivity index (χ2n) is 6.72. The number of methoxy groups -OCH3 is 2. The van der Waals surface area contributed by atoms with E-state index >= 15 is 0 Å². The van der Waals surface area contributed by atoms with Crippen LogP contribution in [0.3, 0.4) is 0 Å². The molecule has 1 N–H and O–H groups in total. The summed E-state index contributed by atoms with van der Waals surface area (Å²) in [6.07, 6.45) is 2.10. The summed E-state index contributed by atoms with van der Waals surface area (Å²) in [5.41, 5.74) is 0.767. The lowest BCUT2D eigenvalue weighted by molar-refractivity contribution is -0.140. The Labute approximate surface area is 166 Å². The van der Waals surface area contributed by atoms with Crippen molar-refractivity contribution < 1.29 is 19.1 Å². The van der Waals surface area contributed by atoms with Crippen LogP contribution in [-0.4, -0.2) is 74.6 Å². The number of benzene rings is 1. The SMILES string of the molecule is COc1cccc(OC)c1CC(=O)N1CCCC(N2CCNCC2=O)C1.Cl. The average Bonchev–Trinajstić information content (AvgIpc) is 2.68. The number of hydrogen-bond donors (Lipinski definition) is 1. The lowest BCUT2D eigenvalue weighted by atomic mass is 10.0. The first-order chi connectivity index (χ1) is 12.6. The molecule has 2 fully saturated rings.